The Morgan fingerprint density at radius 3 is 2.14 bits per heavy atom. The summed E-state index contributed by atoms with van der Waals surface area (Å²) in [7, 11) is 3.22. The molecule has 0 bridgehead atoms. The Hall–Kier alpha value is -3.45. The minimum atomic E-state index is -0.496. The molecule has 0 aliphatic carbocycles. The monoisotopic (exact) mass is 392 g/mol. The van der Waals surface area contributed by atoms with E-state index in [1.165, 1.54) is 11.3 Å². The number of esters is 1. The van der Waals surface area contributed by atoms with Gasteiger partial charge in [-0.1, -0.05) is 0 Å². The normalized spacial score (nSPS) is 14.7. The summed E-state index contributed by atoms with van der Waals surface area (Å²) in [5.74, 6) is 1.28. The van der Waals surface area contributed by atoms with Gasteiger partial charge in [-0.25, -0.2) is 14.8 Å². The minimum Gasteiger partial charge on any atom is -0.497 e. The SMILES string of the molecule is COc1ccc(C2=NC(=Cc3csc(-c4ccc(OC)cc4)n3)C(=O)O2)cc1. The van der Waals surface area contributed by atoms with Gasteiger partial charge < -0.3 is 14.2 Å². The largest absolute Gasteiger partial charge is 0.497 e. The van der Waals surface area contributed by atoms with Crippen molar-refractivity contribution in [2.45, 2.75) is 0 Å². The summed E-state index contributed by atoms with van der Waals surface area (Å²) in [5.41, 5.74) is 2.56. The Balaban J connectivity index is 1.57. The molecule has 1 aromatic heterocycles. The van der Waals surface area contributed by atoms with Gasteiger partial charge in [0.05, 0.1) is 19.9 Å². The lowest BCUT2D eigenvalue weighted by atomic mass is 10.2. The fourth-order valence-electron chi connectivity index (χ4n) is 2.62. The third kappa shape index (κ3) is 3.65. The van der Waals surface area contributed by atoms with Crippen LogP contribution in [0.15, 0.2) is 64.6 Å². The smallest absolute Gasteiger partial charge is 0.363 e. The minimum absolute atomic E-state index is 0.220. The molecule has 0 N–H and O–H groups in total. The van der Waals surface area contributed by atoms with Gasteiger partial charge in [-0.3, -0.25) is 0 Å². The number of ether oxygens (including phenoxy) is 3. The second-order valence-corrected chi connectivity index (χ2v) is 6.73. The van der Waals surface area contributed by atoms with Crippen molar-refractivity contribution in [1.29, 1.82) is 0 Å². The fraction of sp³-hybridized carbons (Fsp3) is 0.0952. The van der Waals surface area contributed by atoms with Gasteiger partial charge in [0.1, 0.15) is 16.5 Å². The molecule has 0 amide bonds. The Morgan fingerprint density at radius 2 is 1.54 bits per heavy atom. The standard InChI is InChI=1S/C21H16N2O4S/c1-25-16-7-3-13(4-8-16)19-23-18(21(24)27-19)11-15-12-28-20(22-15)14-5-9-17(26-2)10-6-14/h3-12H,1-2H3. The number of thiazole rings is 1. The molecule has 0 atom stereocenters. The molecule has 4 rings (SSSR count). The molecule has 140 valence electrons. The van der Waals surface area contributed by atoms with Crippen molar-refractivity contribution < 1.29 is 19.0 Å². The highest BCUT2D eigenvalue weighted by Crippen LogP contribution is 2.27. The van der Waals surface area contributed by atoms with Gasteiger partial charge in [0, 0.05) is 16.5 Å². The number of methoxy groups -OCH3 is 2. The van der Waals surface area contributed by atoms with Crippen LogP contribution >= 0.6 is 11.3 Å². The predicted octanol–water partition coefficient (Wildman–Crippen LogP) is 4.17. The van der Waals surface area contributed by atoms with E-state index in [9.17, 15) is 4.79 Å². The summed E-state index contributed by atoms with van der Waals surface area (Å²) in [6.07, 6.45) is 1.63. The van der Waals surface area contributed by atoms with Crippen LogP contribution in [0, 0.1) is 0 Å². The summed E-state index contributed by atoms with van der Waals surface area (Å²) in [6.45, 7) is 0. The van der Waals surface area contributed by atoms with Crippen LogP contribution in [-0.4, -0.2) is 31.1 Å². The molecule has 1 aliphatic heterocycles. The van der Waals surface area contributed by atoms with Crippen molar-refractivity contribution >= 4 is 29.3 Å². The fourth-order valence-corrected chi connectivity index (χ4v) is 3.41. The molecule has 0 spiro atoms. The number of benzene rings is 2. The van der Waals surface area contributed by atoms with Crippen molar-refractivity contribution in [2.24, 2.45) is 4.99 Å². The lowest BCUT2D eigenvalue weighted by molar-refractivity contribution is -0.129. The van der Waals surface area contributed by atoms with Crippen LogP contribution in [-0.2, 0) is 9.53 Å². The van der Waals surface area contributed by atoms with Crippen molar-refractivity contribution in [3.8, 4) is 22.1 Å². The Bertz CT molecular complexity index is 1070. The predicted molar refractivity (Wildman–Crippen MR) is 108 cm³/mol. The van der Waals surface area contributed by atoms with Crippen molar-refractivity contribution in [3.05, 3.63) is 70.9 Å². The van der Waals surface area contributed by atoms with Crippen molar-refractivity contribution in [2.75, 3.05) is 14.2 Å². The number of carbonyl (C=O) groups is 1. The molecule has 6 nitrogen and oxygen atoms in total. The van der Waals surface area contributed by atoms with Crippen molar-refractivity contribution in [3.63, 3.8) is 0 Å². The molecule has 2 heterocycles. The van der Waals surface area contributed by atoms with Crippen LogP contribution in [0.3, 0.4) is 0 Å². The van der Waals surface area contributed by atoms with E-state index >= 15 is 0 Å². The number of carbonyl (C=O) groups excluding carboxylic acids is 1. The van der Waals surface area contributed by atoms with E-state index in [2.05, 4.69) is 9.98 Å². The first-order valence-electron chi connectivity index (χ1n) is 8.43. The van der Waals surface area contributed by atoms with Crippen LogP contribution in [0.25, 0.3) is 16.6 Å². The van der Waals surface area contributed by atoms with E-state index in [4.69, 9.17) is 14.2 Å². The van der Waals surface area contributed by atoms with E-state index in [0.717, 1.165) is 22.1 Å². The zero-order valence-electron chi connectivity index (χ0n) is 15.2. The molecule has 0 saturated heterocycles. The summed E-state index contributed by atoms with van der Waals surface area (Å²) in [4.78, 5) is 21.0. The summed E-state index contributed by atoms with van der Waals surface area (Å²) in [5, 5.41) is 2.72. The molecule has 0 unspecified atom stereocenters. The molecule has 2 aromatic carbocycles. The molecule has 3 aromatic rings. The molecular formula is C21H16N2O4S. The number of hydrogen-bond acceptors (Lipinski definition) is 7. The van der Waals surface area contributed by atoms with Gasteiger partial charge in [-0.2, -0.15) is 0 Å². The van der Waals surface area contributed by atoms with Gasteiger partial charge in [-0.15, -0.1) is 11.3 Å². The van der Waals surface area contributed by atoms with E-state index in [1.807, 2.05) is 29.6 Å². The Morgan fingerprint density at radius 1 is 0.929 bits per heavy atom. The number of cyclic esters (lactones) is 1. The third-order valence-electron chi connectivity index (χ3n) is 4.10. The highest BCUT2D eigenvalue weighted by atomic mass is 32.1. The number of aliphatic imine (C=N–C) groups is 1. The average molecular weight is 392 g/mol. The zero-order valence-corrected chi connectivity index (χ0v) is 16.0. The van der Waals surface area contributed by atoms with Gasteiger partial charge in [-0.05, 0) is 54.6 Å². The maximum Gasteiger partial charge on any atom is 0.363 e. The van der Waals surface area contributed by atoms with E-state index in [1.54, 1.807) is 44.6 Å². The highest BCUT2D eigenvalue weighted by Gasteiger charge is 2.24. The molecule has 0 radical (unpaired) electrons. The lowest BCUT2D eigenvalue weighted by Crippen LogP contribution is -2.05. The van der Waals surface area contributed by atoms with Crippen LogP contribution in [0.4, 0.5) is 0 Å². The summed E-state index contributed by atoms with van der Waals surface area (Å²) >= 11 is 1.49. The second kappa shape index (κ2) is 7.66. The number of nitrogens with zero attached hydrogens (tertiary/aromatic N) is 2. The average Bonchev–Trinajstić information content (AvgIpc) is 3.35. The number of aromatic nitrogens is 1. The first kappa shape index (κ1) is 17.9. The topological polar surface area (TPSA) is 70.0 Å². The van der Waals surface area contributed by atoms with E-state index in [0.29, 0.717) is 11.3 Å². The van der Waals surface area contributed by atoms with Gasteiger partial charge in [0.15, 0.2) is 5.70 Å². The molecule has 28 heavy (non-hydrogen) atoms. The lowest BCUT2D eigenvalue weighted by Gasteiger charge is -2.01. The first-order valence-corrected chi connectivity index (χ1v) is 9.31. The molecule has 7 heteroatoms. The van der Waals surface area contributed by atoms with Gasteiger partial charge >= 0.3 is 5.97 Å². The molecular weight excluding hydrogens is 376 g/mol. The molecule has 0 saturated carbocycles. The Labute approximate surface area is 165 Å². The van der Waals surface area contributed by atoms with Crippen LogP contribution in [0.2, 0.25) is 0 Å². The van der Waals surface area contributed by atoms with Gasteiger partial charge in [0.2, 0.25) is 5.90 Å². The quantitative estimate of drug-likeness (QED) is 0.481. The van der Waals surface area contributed by atoms with Crippen molar-refractivity contribution in [1.82, 2.24) is 4.98 Å². The highest BCUT2D eigenvalue weighted by molar-refractivity contribution is 7.13. The van der Waals surface area contributed by atoms with E-state index < -0.39 is 5.97 Å². The zero-order chi connectivity index (χ0) is 19.5. The number of rotatable bonds is 5. The summed E-state index contributed by atoms with van der Waals surface area (Å²) < 4.78 is 15.6. The summed E-state index contributed by atoms with van der Waals surface area (Å²) in [6, 6.07) is 14.8. The van der Waals surface area contributed by atoms with Crippen LogP contribution in [0.5, 0.6) is 11.5 Å². The Kier molecular flexibility index (Phi) is 4.90. The van der Waals surface area contributed by atoms with E-state index in [-0.39, 0.29) is 11.6 Å². The number of hydrogen-bond donors (Lipinski definition) is 0. The maximum atomic E-state index is 12.2. The van der Waals surface area contributed by atoms with Crippen LogP contribution < -0.4 is 9.47 Å². The first-order chi connectivity index (χ1) is 13.7. The van der Waals surface area contributed by atoms with Gasteiger partial charge in [0.25, 0.3) is 0 Å². The molecule has 1 aliphatic rings. The molecule has 0 fully saturated rings. The second-order valence-electron chi connectivity index (χ2n) is 5.87. The van der Waals surface area contributed by atoms with Crippen LogP contribution in [0.1, 0.15) is 11.3 Å². The third-order valence-corrected chi connectivity index (χ3v) is 5.01. The maximum absolute atomic E-state index is 12.2.